The Labute approximate surface area is 179 Å². The van der Waals surface area contributed by atoms with Gasteiger partial charge in [-0.3, -0.25) is 4.79 Å². The molecule has 1 N–H and O–H groups in total. The minimum absolute atomic E-state index is 0.0684. The maximum Gasteiger partial charge on any atom is 0.324 e. The van der Waals surface area contributed by atoms with Gasteiger partial charge in [0.15, 0.2) is 0 Å². The Morgan fingerprint density at radius 3 is 2.50 bits per heavy atom. The molecule has 30 heavy (non-hydrogen) atoms. The van der Waals surface area contributed by atoms with E-state index in [9.17, 15) is 18.3 Å². The second-order valence-electron chi connectivity index (χ2n) is 6.88. The van der Waals surface area contributed by atoms with Crippen LogP contribution in [0.25, 0.3) is 11.3 Å². The maximum absolute atomic E-state index is 13.2. The summed E-state index contributed by atoms with van der Waals surface area (Å²) in [5.41, 5.74) is 2.60. The summed E-state index contributed by atoms with van der Waals surface area (Å²) in [6, 6.07) is 13.7. The van der Waals surface area contributed by atoms with Crippen LogP contribution in [0.1, 0.15) is 25.3 Å². The van der Waals surface area contributed by atoms with Crippen molar-refractivity contribution in [3.05, 3.63) is 59.5 Å². The zero-order chi connectivity index (χ0) is 21.9. The highest BCUT2D eigenvalue weighted by Gasteiger charge is 2.30. The van der Waals surface area contributed by atoms with E-state index in [0.29, 0.717) is 17.4 Å². The van der Waals surface area contributed by atoms with Gasteiger partial charge < -0.3 is 9.84 Å². The number of carboxylic acid groups (broad SMARTS) is 1. The van der Waals surface area contributed by atoms with Crippen molar-refractivity contribution in [3.8, 4) is 17.0 Å². The second-order valence-corrected chi connectivity index (χ2v) is 9.58. The Bertz CT molecular complexity index is 1140. The number of methoxy groups -OCH3 is 1. The molecule has 0 saturated heterocycles. The molecule has 0 amide bonds. The number of hydrogen-bond acceptors (Lipinski definition) is 6. The number of anilines is 1. The third-order valence-corrected chi connectivity index (χ3v) is 7.20. The third-order valence-electron chi connectivity index (χ3n) is 4.49. The first-order valence-corrected chi connectivity index (χ1v) is 11.5. The second kappa shape index (κ2) is 8.85. The number of carbonyl (C=O) groups is 1. The molecule has 2 aromatic carbocycles. The fourth-order valence-electron chi connectivity index (χ4n) is 2.82. The fraction of sp³-hybridized carbons (Fsp3) is 0.238. The zero-order valence-electron chi connectivity index (χ0n) is 16.8. The number of carboxylic acids is 1. The van der Waals surface area contributed by atoms with E-state index in [-0.39, 0.29) is 10.0 Å². The molecule has 7 nitrogen and oxygen atoms in total. The van der Waals surface area contributed by atoms with E-state index in [1.807, 2.05) is 24.3 Å². The van der Waals surface area contributed by atoms with Crippen LogP contribution in [0.2, 0.25) is 0 Å². The molecule has 9 heteroatoms. The summed E-state index contributed by atoms with van der Waals surface area (Å²) >= 11 is 1.08. The average molecular weight is 447 g/mol. The Balaban J connectivity index is 1.99. The topological polar surface area (TPSA) is 96.8 Å². The highest BCUT2D eigenvalue weighted by Crippen LogP contribution is 2.32. The van der Waals surface area contributed by atoms with E-state index >= 15 is 0 Å². The fourth-order valence-corrected chi connectivity index (χ4v) is 5.28. The molecule has 0 unspecified atom stereocenters. The van der Waals surface area contributed by atoms with Crippen LogP contribution in [0.5, 0.6) is 5.75 Å². The lowest BCUT2D eigenvalue weighted by Gasteiger charge is -2.20. The number of sulfonamides is 1. The van der Waals surface area contributed by atoms with Gasteiger partial charge in [-0.15, -0.1) is 11.3 Å². The van der Waals surface area contributed by atoms with Gasteiger partial charge in [-0.2, -0.15) is 0 Å². The largest absolute Gasteiger partial charge is 0.497 e. The van der Waals surface area contributed by atoms with E-state index in [4.69, 9.17) is 4.74 Å². The van der Waals surface area contributed by atoms with Crippen molar-refractivity contribution in [1.82, 2.24) is 4.98 Å². The summed E-state index contributed by atoms with van der Waals surface area (Å²) in [4.78, 5) is 15.8. The Morgan fingerprint density at radius 2 is 1.90 bits per heavy atom. The smallest absolute Gasteiger partial charge is 0.324 e. The summed E-state index contributed by atoms with van der Waals surface area (Å²) in [5.74, 6) is -0.528. The van der Waals surface area contributed by atoms with E-state index in [2.05, 4.69) is 18.8 Å². The van der Waals surface area contributed by atoms with Crippen LogP contribution in [-0.4, -0.2) is 38.1 Å². The van der Waals surface area contributed by atoms with Crippen LogP contribution >= 0.6 is 11.3 Å². The van der Waals surface area contributed by atoms with Crippen molar-refractivity contribution in [2.45, 2.75) is 24.7 Å². The van der Waals surface area contributed by atoms with Gasteiger partial charge in [0.2, 0.25) is 5.13 Å². The summed E-state index contributed by atoms with van der Waals surface area (Å²) in [5, 5.41) is 11.1. The van der Waals surface area contributed by atoms with Crippen molar-refractivity contribution in [2.75, 3.05) is 18.0 Å². The van der Waals surface area contributed by atoms with Gasteiger partial charge in [0.05, 0.1) is 17.7 Å². The van der Waals surface area contributed by atoms with Crippen molar-refractivity contribution in [3.63, 3.8) is 0 Å². The molecule has 0 aliphatic carbocycles. The van der Waals surface area contributed by atoms with Crippen molar-refractivity contribution < 1.29 is 23.1 Å². The first-order chi connectivity index (χ1) is 14.2. The quantitative estimate of drug-likeness (QED) is 0.556. The van der Waals surface area contributed by atoms with Gasteiger partial charge in [0.25, 0.3) is 10.0 Å². The van der Waals surface area contributed by atoms with Crippen LogP contribution in [0.15, 0.2) is 58.8 Å². The number of hydrogen-bond donors (Lipinski definition) is 1. The molecule has 1 heterocycles. The number of ether oxygens (including phenoxy) is 1. The van der Waals surface area contributed by atoms with Crippen LogP contribution in [0, 0.1) is 0 Å². The molecular weight excluding hydrogens is 424 g/mol. The molecule has 0 aliphatic heterocycles. The predicted octanol–water partition coefficient (Wildman–Crippen LogP) is 4.22. The number of benzene rings is 2. The summed E-state index contributed by atoms with van der Waals surface area (Å²) in [7, 11) is -2.72. The molecule has 1 aromatic heterocycles. The highest BCUT2D eigenvalue weighted by molar-refractivity contribution is 7.93. The van der Waals surface area contributed by atoms with Crippen LogP contribution in [0.4, 0.5) is 5.13 Å². The van der Waals surface area contributed by atoms with E-state index in [1.165, 1.54) is 30.9 Å². The molecule has 0 fully saturated rings. The zero-order valence-corrected chi connectivity index (χ0v) is 18.4. The number of rotatable bonds is 8. The van der Waals surface area contributed by atoms with Crippen LogP contribution < -0.4 is 9.04 Å². The normalized spacial score (nSPS) is 11.5. The van der Waals surface area contributed by atoms with E-state index in [1.54, 1.807) is 11.4 Å². The molecular formula is C21H22N2O5S2. The molecule has 0 aliphatic rings. The van der Waals surface area contributed by atoms with Gasteiger partial charge in [-0.1, -0.05) is 44.2 Å². The third kappa shape index (κ3) is 4.63. The Hall–Kier alpha value is -2.91. The summed E-state index contributed by atoms with van der Waals surface area (Å²) < 4.78 is 32.2. The minimum Gasteiger partial charge on any atom is -0.497 e. The van der Waals surface area contributed by atoms with Crippen molar-refractivity contribution in [1.29, 1.82) is 0 Å². The molecule has 3 rings (SSSR count). The Morgan fingerprint density at radius 1 is 1.20 bits per heavy atom. The molecule has 158 valence electrons. The maximum atomic E-state index is 13.2. The lowest BCUT2D eigenvalue weighted by Crippen LogP contribution is -2.35. The number of nitrogens with zero attached hydrogens (tertiary/aromatic N) is 2. The minimum atomic E-state index is -4.15. The highest BCUT2D eigenvalue weighted by atomic mass is 32.2. The molecule has 0 spiro atoms. The van der Waals surface area contributed by atoms with Crippen molar-refractivity contribution in [2.24, 2.45) is 0 Å². The van der Waals surface area contributed by atoms with Gasteiger partial charge in [-0.25, -0.2) is 17.7 Å². The molecule has 0 saturated carbocycles. The lowest BCUT2D eigenvalue weighted by atomic mass is 10.0. The first kappa shape index (κ1) is 21.8. The molecule has 0 bridgehead atoms. The van der Waals surface area contributed by atoms with E-state index in [0.717, 1.165) is 21.2 Å². The van der Waals surface area contributed by atoms with Crippen LogP contribution in [0.3, 0.4) is 0 Å². The average Bonchev–Trinajstić information content (AvgIpc) is 3.21. The summed E-state index contributed by atoms with van der Waals surface area (Å²) in [6.07, 6.45) is 0. The number of thiazole rings is 1. The standard InChI is InChI=1S/C21H22N2O5S2/c1-14(2)15-7-9-16(10-8-15)19-13-29-21(22-19)23(12-20(24)25)30(26,27)18-6-4-5-17(11-18)28-3/h4-11,13-14H,12H2,1-3H3,(H,24,25). The first-order valence-electron chi connectivity index (χ1n) is 9.17. The monoisotopic (exact) mass is 446 g/mol. The Kier molecular flexibility index (Phi) is 6.42. The summed E-state index contributed by atoms with van der Waals surface area (Å²) in [6.45, 7) is 3.46. The van der Waals surface area contributed by atoms with Crippen molar-refractivity contribution >= 4 is 32.5 Å². The van der Waals surface area contributed by atoms with Gasteiger partial charge in [-0.05, 0) is 23.6 Å². The molecule has 0 radical (unpaired) electrons. The van der Waals surface area contributed by atoms with Crippen LogP contribution in [-0.2, 0) is 14.8 Å². The lowest BCUT2D eigenvalue weighted by molar-refractivity contribution is -0.135. The van der Waals surface area contributed by atoms with Gasteiger partial charge >= 0.3 is 5.97 Å². The number of aliphatic carboxylic acids is 1. The molecule has 3 aromatic rings. The van der Waals surface area contributed by atoms with Gasteiger partial charge in [0.1, 0.15) is 12.3 Å². The SMILES string of the molecule is COc1cccc(S(=O)(=O)N(CC(=O)O)c2nc(-c3ccc(C(C)C)cc3)cs2)c1. The molecule has 0 atom stereocenters. The predicted molar refractivity (Wildman–Crippen MR) is 117 cm³/mol. The van der Waals surface area contributed by atoms with Gasteiger partial charge in [0, 0.05) is 17.0 Å². The number of aromatic nitrogens is 1. The van der Waals surface area contributed by atoms with E-state index < -0.39 is 22.5 Å².